The molecule has 0 atom stereocenters. The van der Waals surface area contributed by atoms with Crippen LogP contribution in [-0.4, -0.2) is 25.3 Å². The highest BCUT2D eigenvalue weighted by atomic mass is 35.5. The molecule has 0 aliphatic heterocycles. The summed E-state index contributed by atoms with van der Waals surface area (Å²) in [5.41, 5.74) is 0.297. The van der Waals surface area contributed by atoms with Gasteiger partial charge < -0.3 is 14.6 Å². The van der Waals surface area contributed by atoms with E-state index in [-0.39, 0.29) is 27.1 Å². The average molecular weight is 265 g/mol. The standard InChI is InChI=1S/C10H10Cl2O4/c1-4-5(10(13)14)8(15-2)7(12)9(16-3)6(4)11/h1-3H3,(H,13,14). The van der Waals surface area contributed by atoms with Crippen LogP contribution in [0.15, 0.2) is 0 Å². The van der Waals surface area contributed by atoms with E-state index in [4.69, 9.17) is 37.8 Å². The number of hydrogen-bond donors (Lipinski definition) is 1. The zero-order valence-electron chi connectivity index (χ0n) is 8.93. The number of methoxy groups -OCH3 is 2. The molecule has 1 N–H and O–H groups in total. The first-order valence-corrected chi connectivity index (χ1v) is 5.04. The van der Waals surface area contributed by atoms with Gasteiger partial charge in [0.25, 0.3) is 0 Å². The Balaban J connectivity index is 3.70. The van der Waals surface area contributed by atoms with Crippen molar-refractivity contribution < 1.29 is 19.4 Å². The number of halogens is 2. The van der Waals surface area contributed by atoms with Gasteiger partial charge in [0.1, 0.15) is 10.6 Å². The van der Waals surface area contributed by atoms with Crippen LogP contribution in [0, 0.1) is 6.92 Å². The minimum absolute atomic E-state index is 0.0490. The van der Waals surface area contributed by atoms with E-state index in [1.165, 1.54) is 14.2 Å². The summed E-state index contributed by atoms with van der Waals surface area (Å²) < 4.78 is 9.96. The van der Waals surface area contributed by atoms with E-state index in [1.807, 2.05) is 0 Å². The number of carbonyl (C=O) groups is 1. The molecule has 0 unspecified atom stereocenters. The van der Waals surface area contributed by atoms with Gasteiger partial charge in [0.15, 0.2) is 11.5 Å². The lowest BCUT2D eigenvalue weighted by Crippen LogP contribution is -2.06. The lowest BCUT2D eigenvalue weighted by atomic mass is 10.1. The monoisotopic (exact) mass is 264 g/mol. The van der Waals surface area contributed by atoms with E-state index in [1.54, 1.807) is 6.92 Å². The second-order valence-corrected chi connectivity index (χ2v) is 3.76. The van der Waals surface area contributed by atoms with E-state index in [9.17, 15) is 4.79 Å². The Labute approximate surface area is 103 Å². The third-order valence-electron chi connectivity index (χ3n) is 2.15. The molecule has 0 aliphatic carbocycles. The maximum absolute atomic E-state index is 11.1. The predicted octanol–water partition coefficient (Wildman–Crippen LogP) is 3.02. The highest BCUT2D eigenvalue weighted by molar-refractivity contribution is 6.39. The van der Waals surface area contributed by atoms with Crippen molar-refractivity contribution in [2.24, 2.45) is 0 Å². The van der Waals surface area contributed by atoms with Gasteiger partial charge in [0, 0.05) is 0 Å². The van der Waals surface area contributed by atoms with Crippen LogP contribution in [0.1, 0.15) is 15.9 Å². The molecular weight excluding hydrogens is 255 g/mol. The summed E-state index contributed by atoms with van der Waals surface area (Å²) in [6, 6.07) is 0. The van der Waals surface area contributed by atoms with Crippen LogP contribution in [0.25, 0.3) is 0 Å². The Morgan fingerprint density at radius 3 is 2.00 bits per heavy atom. The second-order valence-electron chi connectivity index (χ2n) is 3.00. The maximum atomic E-state index is 11.1. The molecule has 0 radical (unpaired) electrons. The first-order valence-electron chi connectivity index (χ1n) is 4.28. The van der Waals surface area contributed by atoms with Crippen molar-refractivity contribution in [1.29, 1.82) is 0 Å². The van der Waals surface area contributed by atoms with Crippen molar-refractivity contribution in [2.45, 2.75) is 6.92 Å². The quantitative estimate of drug-likeness (QED) is 0.912. The molecule has 88 valence electrons. The zero-order chi connectivity index (χ0) is 12.5. The zero-order valence-corrected chi connectivity index (χ0v) is 10.4. The highest BCUT2D eigenvalue weighted by Gasteiger charge is 2.25. The molecule has 0 saturated heterocycles. The molecule has 1 aromatic rings. The Hall–Kier alpha value is -1.13. The molecule has 16 heavy (non-hydrogen) atoms. The number of benzene rings is 1. The van der Waals surface area contributed by atoms with Gasteiger partial charge in [-0.15, -0.1) is 0 Å². The number of carboxylic acid groups (broad SMARTS) is 1. The van der Waals surface area contributed by atoms with Gasteiger partial charge in [-0.1, -0.05) is 23.2 Å². The maximum Gasteiger partial charge on any atom is 0.339 e. The smallest absolute Gasteiger partial charge is 0.339 e. The summed E-state index contributed by atoms with van der Waals surface area (Å²) in [6.45, 7) is 1.56. The van der Waals surface area contributed by atoms with Crippen molar-refractivity contribution in [3.8, 4) is 11.5 Å². The van der Waals surface area contributed by atoms with E-state index in [0.717, 1.165) is 0 Å². The number of aromatic carboxylic acids is 1. The molecule has 6 heteroatoms. The summed E-state index contributed by atoms with van der Waals surface area (Å²) >= 11 is 11.9. The molecule has 1 aromatic carbocycles. The van der Waals surface area contributed by atoms with Crippen LogP contribution in [0.5, 0.6) is 11.5 Å². The molecule has 0 aliphatic rings. The molecule has 0 bridgehead atoms. The van der Waals surface area contributed by atoms with Crippen LogP contribution in [-0.2, 0) is 0 Å². The Bertz CT molecular complexity index is 443. The van der Waals surface area contributed by atoms with Gasteiger partial charge in [-0.3, -0.25) is 0 Å². The van der Waals surface area contributed by atoms with Gasteiger partial charge in [0.05, 0.1) is 19.2 Å². The van der Waals surface area contributed by atoms with Crippen molar-refractivity contribution in [3.05, 3.63) is 21.2 Å². The molecule has 1 rings (SSSR count). The predicted molar refractivity (Wildman–Crippen MR) is 61.3 cm³/mol. The van der Waals surface area contributed by atoms with Crippen molar-refractivity contribution in [3.63, 3.8) is 0 Å². The lowest BCUT2D eigenvalue weighted by molar-refractivity contribution is 0.0692. The minimum Gasteiger partial charge on any atom is -0.494 e. The van der Waals surface area contributed by atoms with E-state index in [0.29, 0.717) is 5.56 Å². The molecule has 0 amide bonds. The molecular formula is C10H10Cl2O4. The van der Waals surface area contributed by atoms with E-state index < -0.39 is 5.97 Å². The lowest BCUT2D eigenvalue weighted by Gasteiger charge is -2.15. The normalized spacial score (nSPS) is 10.1. The third kappa shape index (κ3) is 1.90. The summed E-state index contributed by atoms with van der Waals surface area (Å²) in [5.74, 6) is -0.892. The van der Waals surface area contributed by atoms with Gasteiger partial charge in [0.2, 0.25) is 0 Å². The van der Waals surface area contributed by atoms with Gasteiger partial charge in [-0.05, 0) is 12.5 Å². The number of ether oxygens (including phenoxy) is 2. The largest absolute Gasteiger partial charge is 0.494 e. The first kappa shape index (κ1) is 12.9. The molecule has 0 heterocycles. The number of carboxylic acids is 1. The van der Waals surface area contributed by atoms with Crippen molar-refractivity contribution >= 4 is 29.2 Å². The Kier molecular flexibility index (Phi) is 3.88. The highest BCUT2D eigenvalue weighted by Crippen LogP contribution is 2.44. The fraction of sp³-hybridized carbons (Fsp3) is 0.300. The summed E-state index contributed by atoms with van der Waals surface area (Å²) in [4.78, 5) is 11.1. The topological polar surface area (TPSA) is 55.8 Å². The summed E-state index contributed by atoms with van der Waals surface area (Å²) in [5, 5.41) is 9.28. The van der Waals surface area contributed by atoms with Crippen LogP contribution in [0.2, 0.25) is 10.0 Å². The van der Waals surface area contributed by atoms with Crippen molar-refractivity contribution in [2.75, 3.05) is 14.2 Å². The second kappa shape index (κ2) is 4.80. The fourth-order valence-electron chi connectivity index (χ4n) is 1.39. The molecule has 0 spiro atoms. The van der Waals surface area contributed by atoms with Crippen LogP contribution in [0.4, 0.5) is 0 Å². The van der Waals surface area contributed by atoms with Gasteiger partial charge >= 0.3 is 5.97 Å². The average Bonchev–Trinajstić information content (AvgIpc) is 2.23. The van der Waals surface area contributed by atoms with Crippen LogP contribution >= 0.6 is 23.2 Å². The Morgan fingerprint density at radius 2 is 1.62 bits per heavy atom. The SMILES string of the molecule is COc1c(Cl)c(C)c(C(=O)O)c(OC)c1Cl. The van der Waals surface area contributed by atoms with Crippen molar-refractivity contribution in [1.82, 2.24) is 0 Å². The molecule has 4 nitrogen and oxygen atoms in total. The summed E-state index contributed by atoms with van der Waals surface area (Å²) in [6.07, 6.45) is 0. The summed E-state index contributed by atoms with van der Waals surface area (Å²) in [7, 11) is 2.73. The molecule has 0 aromatic heterocycles. The Morgan fingerprint density at radius 1 is 1.12 bits per heavy atom. The number of hydrogen-bond acceptors (Lipinski definition) is 3. The molecule has 0 saturated carbocycles. The minimum atomic E-state index is -1.15. The molecule has 0 fully saturated rings. The van der Waals surface area contributed by atoms with Crippen LogP contribution < -0.4 is 9.47 Å². The van der Waals surface area contributed by atoms with E-state index in [2.05, 4.69) is 0 Å². The van der Waals surface area contributed by atoms with Crippen LogP contribution in [0.3, 0.4) is 0 Å². The first-order chi connectivity index (χ1) is 7.45. The van der Waals surface area contributed by atoms with E-state index >= 15 is 0 Å². The number of rotatable bonds is 3. The fourth-order valence-corrected chi connectivity index (χ4v) is 2.05. The third-order valence-corrected chi connectivity index (χ3v) is 2.95. The van der Waals surface area contributed by atoms with Gasteiger partial charge in [-0.25, -0.2) is 4.79 Å². The van der Waals surface area contributed by atoms with Gasteiger partial charge in [-0.2, -0.15) is 0 Å².